The molecule has 0 aromatic heterocycles. The summed E-state index contributed by atoms with van der Waals surface area (Å²) in [6, 6.07) is 0. The number of hydrogen-bond acceptors (Lipinski definition) is 10. The molecular weight excluding hydrogens is 1200 g/mol. The van der Waals surface area contributed by atoms with E-state index in [2.05, 4.69) is 55.4 Å². The Bertz CT molecular complexity index is 1970. The zero-order valence-corrected chi connectivity index (χ0v) is 61.2. The van der Waals surface area contributed by atoms with Gasteiger partial charge in [0.1, 0.15) is 28.0 Å². The van der Waals surface area contributed by atoms with Crippen molar-refractivity contribution >= 4 is 29.8 Å². The molecule has 10 heteroatoms. The fraction of sp³-hybridized carbons (Fsp3) is 0.943. The Labute approximate surface area is 611 Å². The molecule has 6 saturated carbocycles. The molecule has 0 bridgehead atoms. The normalized spacial score (nSPS) is 19.0. The first-order valence-corrected chi connectivity index (χ1v) is 36.6. The highest BCUT2D eigenvalue weighted by atomic mass is 16.6. The molecule has 6 aliphatic rings. The Morgan fingerprint density at radius 2 is 0.443 bits per heavy atom. The molecule has 0 aromatic carbocycles. The van der Waals surface area contributed by atoms with Crippen LogP contribution in [0.5, 0.6) is 0 Å². The van der Waals surface area contributed by atoms with Crippen LogP contribution in [0.15, 0.2) is 0 Å². The molecule has 10 nitrogen and oxygen atoms in total. The first-order valence-electron chi connectivity index (χ1n) is 36.6. The molecule has 0 unspecified atom stereocenters. The molecular formula is C87H182O10. The van der Waals surface area contributed by atoms with Crippen LogP contribution in [0.4, 0.5) is 0 Å². The summed E-state index contributed by atoms with van der Waals surface area (Å²) in [5.41, 5.74) is -2.86. The number of hydrogen-bond donors (Lipinski definition) is 0. The molecule has 0 spiro atoms. The highest BCUT2D eigenvalue weighted by Crippen LogP contribution is 2.47. The smallest absolute Gasteiger partial charge is 0.312 e. The third-order valence-electron chi connectivity index (χ3n) is 22.8. The highest BCUT2D eigenvalue weighted by Gasteiger charge is 2.48. The van der Waals surface area contributed by atoms with E-state index in [4.69, 9.17) is 23.7 Å². The summed E-state index contributed by atoms with van der Waals surface area (Å²) in [5, 5.41) is 0. The molecule has 0 N–H and O–H groups in total. The Morgan fingerprint density at radius 3 is 0.680 bits per heavy atom. The lowest BCUT2D eigenvalue weighted by molar-refractivity contribution is -0.187. The molecule has 0 radical (unpaired) electrons. The van der Waals surface area contributed by atoms with Crippen molar-refractivity contribution in [2.45, 2.75) is 492 Å². The van der Waals surface area contributed by atoms with Crippen LogP contribution in [0, 0.1) is 44.8 Å². The van der Waals surface area contributed by atoms with Crippen LogP contribution in [-0.2, 0) is 47.7 Å². The Kier molecular flexibility index (Phi) is 59.9. The SMILES string of the molecule is C.C.C.C.C.C.C.C.C.C.CCC(C)(C)C(=O)OC(C)(C)C1CCCCC1.CCC(C)(C)C(=O)OC(C)(C1CCCCC1)C1CCCCC1.CCC(C)(C)C(=O)OC1(C)CCCC1.CCC(C)(C)C(=O)OC1(C)CCCCC1.CCC(C)(C)C(=O)OC1(C)CCCCCCCCC1. The van der Waals surface area contributed by atoms with Crippen molar-refractivity contribution in [1.82, 2.24) is 0 Å². The zero-order chi connectivity index (χ0) is 66.0. The van der Waals surface area contributed by atoms with Crippen LogP contribution in [0.1, 0.15) is 464 Å². The maximum atomic E-state index is 12.8. The largest absolute Gasteiger partial charge is 0.459 e. The van der Waals surface area contributed by atoms with Crippen molar-refractivity contribution in [3.8, 4) is 0 Å². The van der Waals surface area contributed by atoms with Crippen LogP contribution >= 0.6 is 0 Å². The lowest BCUT2D eigenvalue weighted by Crippen LogP contribution is -2.49. The minimum atomic E-state index is -0.357. The van der Waals surface area contributed by atoms with Gasteiger partial charge >= 0.3 is 29.8 Å². The van der Waals surface area contributed by atoms with Gasteiger partial charge in [0.2, 0.25) is 0 Å². The maximum Gasteiger partial charge on any atom is 0.312 e. The van der Waals surface area contributed by atoms with E-state index in [1.807, 2.05) is 90.0 Å². The van der Waals surface area contributed by atoms with Crippen molar-refractivity contribution < 1.29 is 47.7 Å². The highest BCUT2D eigenvalue weighted by molar-refractivity contribution is 5.78. The van der Waals surface area contributed by atoms with Crippen LogP contribution < -0.4 is 0 Å². The topological polar surface area (TPSA) is 132 Å². The number of carbonyl (C=O) groups excluding carboxylic acids is 5. The lowest BCUT2D eigenvalue weighted by Gasteiger charge is -2.47. The standard InChI is InChI=1S/C20H36O2.C17H32O2.C15H28O2.C13H24O2.C12H22O2.10CH4/c1-5-19(2,3)18(21)22-20(4,16-12-8-6-9-13-16)17-14-10-7-11-15-17;1-5-16(2,3)15(18)19-17(4)13-11-9-7-6-8-10-12-14-17;1-6-14(2,3)13(16)17-15(4,5)12-10-8-7-9-11-12;1-5-12(2,3)11(14)15-13(4)9-7-6-8-10-13;1-5-11(2,3)10(13)14-12(4)8-6-7-9-12;;;;;;;;;;/h16-17H,5-15H2,1-4H3;5-14H2,1-4H3;12H,6-11H2,1-5H3;5-10H2,1-4H3;5-9H2,1-4H3;10*1H4. The minimum absolute atomic E-state index is 0. The van der Waals surface area contributed by atoms with E-state index in [9.17, 15) is 24.0 Å². The second-order valence-corrected chi connectivity index (χ2v) is 33.0. The van der Waals surface area contributed by atoms with E-state index in [0.29, 0.717) is 17.8 Å². The van der Waals surface area contributed by atoms with Crippen molar-refractivity contribution in [1.29, 1.82) is 0 Å². The molecule has 0 aliphatic heterocycles. The van der Waals surface area contributed by atoms with Crippen LogP contribution in [0.25, 0.3) is 0 Å². The van der Waals surface area contributed by atoms with E-state index >= 15 is 0 Å². The second-order valence-electron chi connectivity index (χ2n) is 33.0. The number of rotatable bonds is 18. The summed E-state index contributed by atoms with van der Waals surface area (Å²) < 4.78 is 29.4. The Hall–Kier alpha value is -2.65. The molecule has 0 atom stereocenters. The van der Waals surface area contributed by atoms with Crippen molar-refractivity contribution in [3.63, 3.8) is 0 Å². The summed E-state index contributed by atoms with van der Waals surface area (Å²) >= 11 is 0. The summed E-state index contributed by atoms with van der Waals surface area (Å²) in [6.07, 6.45) is 44.6. The van der Waals surface area contributed by atoms with Crippen molar-refractivity contribution in [3.05, 3.63) is 0 Å². The van der Waals surface area contributed by atoms with Gasteiger partial charge in [-0.3, -0.25) is 24.0 Å². The van der Waals surface area contributed by atoms with Gasteiger partial charge in [0.05, 0.1) is 27.1 Å². The molecule has 0 aromatic rings. The van der Waals surface area contributed by atoms with E-state index in [0.717, 1.165) is 70.6 Å². The van der Waals surface area contributed by atoms with Gasteiger partial charge in [-0.2, -0.15) is 0 Å². The molecule has 6 fully saturated rings. The third kappa shape index (κ3) is 38.4. The summed E-state index contributed by atoms with van der Waals surface area (Å²) in [4.78, 5) is 61.0. The van der Waals surface area contributed by atoms with Crippen molar-refractivity contribution in [2.24, 2.45) is 44.8 Å². The molecule has 0 saturated heterocycles. The summed E-state index contributed by atoms with van der Waals surface area (Å²) in [7, 11) is 0. The predicted molar refractivity (Wildman–Crippen MR) is 429 cm³/mol. The van der Waals surface area contributed by atoms with E-state index in [-0.39, 0.29) is 159 Å². The monoisotopic (exact) mass is 1390 g/mol. The molecule has 6 aliphatic carbocycles. The first-order chi connectivity index (χ1) is 40.4. The van der Waals surface area contributed by atoms with E-state index in [1.54, 1.807) is 0 Å². The zero-order valence-electron chi connectivity index (χ0n) is 61.2. The average Bonchev–Trinajstić information content (AvgIpc) is 1.23. The molecule has 0 heterocycles. The average molecular weight is 1390 g/mol. The molecule has 0 amide bonds. The van der Waals surface area contributed by atoms with Gasteiger partial charge in [0.15, 0.2) is 0 Å². The second kappa shape index (κ2) is 51.5. The Balaban J connectivity index is -0.000000140. The summed E-state index contributed by atoms with van der Waals surface area (Å²) in [6.45, 7) is 42.7. The quantitative estimate of drug-likeness (QED) is 0.0965. The van der Waals surface area contributed by atoms with Gasteiger partial charge < -0.3 is 23.7 Å². The fourth-order valence-electron chi connectivity index (χ4n) is 13.0. The van der Waals surface area contributed by atoms with E-state index < -0.39 is 0 Å². The molecule has 6 rings (SSSR count). The lowest BCUT2D eigenvalue weighted by atomic mass is 9.67. The molecule has 590 valence electrons. The first kappa shape index (κ1) is 113. The Morgan fingerprint density at radius 1 is 0.268 bits per heavy atom. The number of esters is 5. The number of ether oxygens (including phenoxy) is 5. The van der Waals surface area contributed by atoms with Gasteiger partial charge in [-0.15, -0.1) is 0 Å². The van der Waals surface area contributed by atoms with Crippen LogP contribution in [0.3, 0.4) is 0 Å². The van der Waals surface area contributed by atoms with Crippen LogP contribution in [-0.4, -0.2) is 57.9 Å². The predicted octanol–water partition coefficient (Wildman–Crippen LogP) is 28.8. The fourth-order valence-corrected chi connectivity index (χ4v) is 13.0. The van der Waals surface area contributed by atoms with E-state index in [1.165, 1.54) is 173 Å². The van der Waals surface area contributed by atoms with Gasteiger partial charge in [0.25, 0.3) is 0 Å². The van der Waals surface area contributed by atoms with Gasteiger partial charge in [-0.1, -0.05) is 205 Å². The van der Waals surface area contributed by atoms with Gasteiger partial charge in [-0.05, 0) is 276 Å². The third-order valence-corrected chi connectivity index (χ3v) is 22.8. The number of carbonyl (C=O) groups is 5. The maximum absolute atomic E-state index is 12.8. The van der Waals surface area contributed by atoms with Gasteiger partial charge in [-0.25, -0.2) is 0 Å². The summed E-state index contributed by atoms with van der Waals surface area (Å²) in [5.74, 6) is 1.56. The molecule has 97 heavy (non-hydrogen) atoms. The van der Waals surface area contributed by atoms with Crippen molar-refractivity contribution in [2.75, 3.05) is 0 Å². The van der Waals surface area contributed by atoms with Crippen LogP contribution in [0.2, 0.25) is 0 Å². The van der Waals surface area contributed by atoms with Gasteiger partial charge in [0, 0.05) is 0 Å². The minimum Gasteiger partial charge on any atom is -0.459 e.